The second-order valence-electron chi connectivity index (χ2n) is 11.7. The fourth-order valence-corrected chi connectivity index (χ4v) is 6.20. The van der Waals surface area contributed by atoms with Crippen molar-refractivity contribution in [2.45, 2.75) is 77.8 Å². The third kappa shape index (κ3) is 7.70. The Kier molecular flexibility index (Phi) is 10.3. The minimum absolute atomic E-state index is 0.0320. The third-order valence-electron chi connectivity index (χ3n) is 8.38. The quantitative estimate of drug-likeness (QED) is 0.215. The van der Waals surface area contributed by atoms with Gasteiger partial charge in [0.25, 0.3) is 0 Å². The average molecular weight is 585 g/mol. The minimum Gasteiger partial charge on any atom is -0.481 e. The van der Waals surface area contributed by atoms with Gasteiger partial charge in [-0.2, -0.15) is 0 Å². The van der Waals surface area contributed by atoms with E-state index in [4.69, 9.17) is 10.7 Å². The van der Waals surface area contributed by atoms with Crippen molar-refractivity contribution in [2.24, 2.45) is 0 Å². The number of nitrogens with two attached hydrogens (primary N) is 1. The van der Waals surface area contributed by atoms with Crippen molar-refractivity contribution in [3.63, 3.8) is 0 Å². The summed E-state index contributed by atoms with van der Waals surface area (Å²) in [6.07, 6.45) is 8.37. The molecule has 9 nitrogen and oxygen atoms in total. The van der Waals surface area contributed by atoms with Gasteiger partial charge in [-0.3, -0.25) is 14.5 Å². The van der Waals surface area contributed by atoms with Gasteiger partial charge in [0.15, 0.2) is 5.82 Å². The number of nitrogen functional groups attached to an aromatic ring is 1. The van der Waals surface area contributed by atoms with Crippen LogP contribution in [0.2, 0.25) is 0 Å². The number of rotatable bonds is 13. The van der Waals surface area contributed by atoms with Crippen molar-refractivity contribution in [2.75, 3.05) is 31.9 Å². The second kappa shape index (κ2) is 14.5. The van der Waals surface area contributed by atoms with Gasteiger partial charge in [0.05, 0.1) is 24.0 Å². The molecule has 3 heterocycles. The van der Waals surface area contributed by atoms with Crippen LogP contribution in [0.1, 0.15) is 68.8 Å². The Balaban J connectivity index is 1.40. The van der Waals surface area contributed by atoms with Crippen molar-refractivity contribution in [1.29, 1.82) is 0 Å². The Bertz CT molecular complexity index is 1560. The van der Waals surface area contributed by atoms with Gasteiger partial charge in [0.2, 0.25) is 5.91 Å². The number of carbonyl (C=O) groups excluding carboxylic acids is 1. The van der Waals surface area contributed by atoms with Crippen LogP contribution in [0.15, 0.2) is 48.5 Å². The first-order valence-electron chi connectivity index (χ1n) is 15.8. The number of hydrogen-bond acceptors (Lipinski definition) is 6. The number of fused-ring (bicyclic) bond motifs is 3. The molecule has 9 heteroatoms. The largest absolute Gasteiger partial charge is 0.481 e. The van der Waals surface area contributed by atoms with Crippen LogP contribution in [0.5, 0.6) is 0 Å². The average Bonchev–Trinajstić information content (AvgIpc) is 3.15. The van der Waals surface area contributed by atoms with Gasteiger partial charge in [0, 0.05) is 31.4 Å². The summed E-state index contributed by atoms with van der Waals surface area (Å²) in [6, 6.07) is 15.6. The van der Waals surface area contributed by atoms with Crippen molar-refractivity contribution in [1.82, 2.24) is 24.3 Å². The standard InChI is InChI=1S/C34H44N6O3/c1-2-3-16-29-37-32-33(27-14-6-7-15-28(27)36-34(32)35)40(29)20-11-19-39(30(41)24-38-17-8-4-5-9-18-38)23-26-13-10-12-25(21-26)22-31(42)43/h6-7,10,12-15,21H,2-5,8-9,11,16-20,22-24H2,1H3,(H2,35,36)(H,42,43). The van der Waals surface area contributed by atoms with Crippen LogP contribution in [-0.2, 0) is 35.5 Å². The molecular formula is C34H44N6O3. The molecule has 3 N–H and O–H groups in total. The summed E-state index contributed by atoms with van der Waals surface area (Å²) in [5.74, 6) is 0.707. The van der Waals surface area contributed by atoms with Gasteiger partial charge in [0.1, 0.15) is 11.3 Å². The molecule has 1 amide bonds. The lowest BCUT2D eigenvalue weighted by atomic mass is 10.1. The van der Waals surface area contributed by atoms with E-state index in [1.165, 1.54) is 12.8 Å². The van der Waals surface area contributed by atoms with Crippen molar-refractivity contribution < 1.29 is 14.7 Å². The number of benzene rings is 2. The van der Waals surface area contributed by atoms with Gasteiger partial charge in [-0.15, -0.1) is 0 Å². The number of unbranched alkanes of at least 4 members (excludes halogenated alkanes) is 1. The highest BCUT2D eigenvalue weighted by molar-refractivity contribution is 6.06. The maximum Gasteiger partial charge on any atom is 0.307 e. The maximum absolute atomic E-state index is 13.8. The number of carboxylic acid groups (broad SMARTS) is 1. The molecule has 0 aliphatic carbocycles. The fraction of sp³-hybridized carbons (Fsp3) is 0.471. The monoisotopic (exact) mass is 584 g/mol. The molecule has 1 aliphatic rings. The summed E-state index contributed by atoms with van der Waals surface area (Å²) in [5.41, 5.74) is 10.7. The molecule has 43 heavy (non-hydrogen) atoms. The molecular weight excluding hydrogens is 540 g/mol. The van der Waals surface area contributed by atoms with E-state index in [9.17, 15) is 14.7 Å². The molecule has 228 valence electrons. The van der Waals surface area contributed by atoms with Crippen molar-refractivity contribution in [3.05, 3.63) is 65.5 Å². The predicted molar refractivity (Wildman–Crippen MR) is 171 cm³/mol. The Morgan fingerprint density at radius 2 is 1.74 bits per heavy atom. The Hall–Kier alpha value is -3.98. The van der Waals surface area contributed by atoms with Gasteiger partial charge in [-0.25, -0.2) is 9.97 Å². The number of nitrogens with zero attached hydrogens (tertiary/aromatic N) is 5. The highest BCUT2D eigenvalue weighted by Crippen LogP contribution is 2.29. The minimum atomic E-state index is -0.860. The normalized spacial score (nSPS) is 14.3. The molecule has 1 saturated heterocycles. The fourth-order valence-electron chi connectivity index (χ4n) is 6.20. The van der Waals surface area contributed by atoms with E-state index in [1.807, 2.05) is 47.4 Å². The second-order valence-corrected chi connectivity index (χ2v) is 11.7. The lowest BCUT2D eigenvalue weighted by Crippen LogP contribution is -2.41. The van der Waals surface area contributed by atoms with Crippen LogP contribution < -0.4 is 5.73 Å². The molecule has 0 saturated carbocycles. The number of aryl methyl sites for hydroxylation is 2. The number of carboxylic acids is 1. The first-order chi connectivity index (χ1) is 20.9. The zero-order chi connectivity index (χ0) is 30.2. The lowest BCUT2D eigenvalue weighted by molar-refractivity contribution is -0.136. The SMILES string of the molecule is CCCCc1nc2c(N)nc3ccccc3c2n1CCCN(Cc1cccc(CC(=O)O)c1)C(=O)CN1CCCCCC1. The highest BCUT2D eigenvalue weighted by Gasteiger charge is 2.21. The lowest BCUT2D eigenvalue weighted by Gasteiger charge is -2.27. The predicted octanol–water partition coefficient (Wildman–Crippen LogP) is 5.43. The maximum atomic E-state index is 13.8. The number of likely N-dealkylation sites (tertiary alicyclic amines) is 1. The number of anilines is 1. The van der Waals surface area contributed by atoms with E-state index in [2.05, 4.69) is 27.4 Å². The molecule has 2 aromatic heterocycles. The number of amides is 1. The van der Waals surface area contributed by atoms with E-state index in [0.29, 0.717) is 32.0 Å². The van der Waals surface area contributed by atoms with Crippen LogP contribution in [0, 0.1) is 0 Å². The number of carbonyl (C=O) groups is 2. The number of aromatic nitrogens is 3. The smallest absolute Gasteiger partial charge is 0.307 e. The molecule has 1 fully saturated rings. The number of pyridine rings is 1. The first-order valence-corrected chi connectivity index (χ1v) is 15.8. The van der Waals surface area contributed by atoms with E-state index in [0.717, 1.165) is 90.5 Å². The molecule has 5 rings (SSSR count). The summed E-state index contributed by atoms with van der Waals surface area (Å²) >= 11 is 0. The molecule has 0 radical (unpaired) electrons. The van der Waals surface area contributed by atoms with E-state index in [-0.39, 0.29) is 12.3 Å². The molecule has 4 aromatic rings. The first kappa shape index (κ1) is 30.5. The number of hydrogen-bond donors (Lipinski definition) is 2. The van der Waals surface area contributed by atoms with Crippen LogP contribution in [0.25, 0.3) is 21.9 Å². The topological polar surface area (TPSA) is 118 Å². The zero-order valence-corrected chi connectivity index (χ0v) is 25.3. The Morgan fingerprint density at radius 1 is 0.977 bits per heavy atom. The third-order valence-corrected chi connectivity index (χ3v) is 8.38. The Morgan fingerprint density at radius 3 is 2.51 bits per heavy atom. The number of para-hydroxylation sites is 1. The van der Waals surface area contributed by atoms with E-state index >= 15 is 0 Å². The van der Waals surface area contributed by atoms with Gasteiger partial charge in [-0.05, 0) is 56.0 Å². The van der Waals surface area contributed by atoms with Gasteiger partial charge >= 0.3 is 5.97 Å². The summed E-state index contributed by atoms with van der Waals surface area (Å²) in [7, 11) is 0. The Labute approximate surface area is 253 Å². The van der Waals surface area contributed by atoms with Crippen molar-refractivity contribution >= 4 is 39.6 Å². The highest BCUT2D eigenvalue weighted by atomic mass is 16.4. The van der Waals surface area contributed by atoms with E-state index in [1.54, 1.807) is 0 Å². The number of imidazole rings is 1. The molecule has 1 aliphatic heterocycles. The molecule has 0 bridgehead atoms. The molecule has 2 aromatic carbocycles. The molecule has 0 atom stereocenters. The molecule has 0 spiro atoms. The summed E-state index contributed by atoms with van der Waals surface area (Å²) < 4.78 is 2.29. The van der Waals surface area contributed by atoms with Gasteiger partial charge < -0.3 is 20.3 Å². The summed E-state index contributed by atoms with van der Waals surface area (Å²) in [4.78, 5) is 38.9. The van der Waals surface area contributed by atoms with Crippen LogP contribution in [0.4, 0.5) is 5.82 Å². The van der Waals surface area contributed by atoms with E-state index < -0.39 is 5.97 Å². The summed E-state index contributed by atoms with van der Waals surface area (Å²) in [6.45, 7) is 6.25. The van der Waals surface area contributed by atoms with Crippen LogP contribution in [-0.4, -0.2) is 67.5 Å². The van der Waals surface area contributed by atoms with Crippen LogP contribution >= 0.6 is 0 Å². The number of aliphatic carboxylic acids is 1. The van der Waals surface area contributed by atoms with Gasteiger partial charge in [-0.1, -0.05) is 68.7 Å². The molecule has 0 unspecified atom stereocenters. The van der Waals surface area contributed by atoms with Crippen molar-refractivity contribution in [3.8, 4) is 0 Å². The van der Waals surface area contributed by atoms with Crippen LogP contribution in [0.3, 0.4) is 0 Å². The zero-order valence-electron chi connectivity index (χ0n) is 25.3. The summed E-state index contributed by atoms with van der Waals surface area (Å²) in [5, 5.41) is 10.3.